The number of hydrazone groups is 1. The Balaban J connectivity index is 1.39. The van der Waals surface area contributed by atoms with Gasteiger partial charge in [-0.2, -0.15) is 15.1 Å². The molecule has 0 fully saturated rings. The summed E-state index contributed by atoms with van der Waals surface area (Å²) in [6, 6.07) is 19.9. The minimum Gasteiger partial charge on any atom is -0.490 e. The van der Waals surface area contributed by atoms with E-state index in [0.717, 1.165) is 28.8 Å². The Morgan fingerprint density at radius 3 is 2.69 bits per heavy atom. The molecule has 1 amide bonds. The Labute approximate surface area is 214 Å². The van der Waals surface area contributed by atoms with E-state index in [1.54, 1.807) is 6.08 Å². The van der Waals surface area contributed by atoms with Gasteiger partial charge in [-0.15, -0.1) is 0 Å². The number of benzene rings is 3. The molecule has 0 spiro atoms. The van der Waals surface area contributed by atoms with E-state index in [1.165, 1.54) is 22.2 Å². The fraction of sp³-hybridized carbons (Fsp3) is 0.214. The van der Waals surface area contributed by atoms with Gasteiger partial charge in [0.15, 0.2) is 17.3 Å². The zero-order valence-corrected chi connectivity index (χ0v) is 21.0. The Hall–Kier alpha value is -3.91. The molecule has 36 heavy (non-hydrogen) atoms. The molecule has 0 aliphatic carbocycles. The van der Waals surface area contributed by atoms with Crippen LogP contribution in [0.1, 0.15) is 37.8 Å². The fourth-order valence-electron chi connectivity index (χ4n) is 4.09. The van der Waals surface area contributed by atoms with Crippen LogP contribution >= 0.6 is 11.8 Å². The van der Waals surface area contributed by atoms with Crippen molar-refractivity contribution in [3.05, 3.63) is 77.4 Å². The lowest BCUT2D eigenvalue weighted by Crippen LogP contribution is -2.35. The highest BCUT2D eigenvalue weighted by Crippen LogP contribution is 2.33. The molecule has 7 nitrogen and oxygen atoms in total. The van der Waals surface area contributed by atoms with E-state index in [0.29, 0.717) is 35.4 Å². The van der Waals surface area contributed by atoms with Gasteiger partial charge in [0.05, 0.1) is 12.2 Å². The number of amidine groups is 2. The van der Waals surface area contributed by atoms with E-state index in [-0.39, 0.29) is 11.4 Å². The molecule has 0 aromatic heterocycles. The van der Waals surface area contributed by atoms with Gasteiger partial charge in [0.1, 0.15) is 11.7 Å². The highest BCUT2D eigenvalue weighted by Gasteiger charge is 2.35. The highest BCUT2D eigenvalue weighted by atomic mass is 32.2. The van der Waals surface area contributed by atoms with Gasteiger partial charge in [0.2, 0.25) is 5.17 Å². The van der Waals surface area contributed by atoms with Crippen molar-refractivity contribution in [1.82, 2.24) is 5.01 Å². The smallest absolute Gasteiger partial charge is 0.283 e. The lowest BCUT2D eigenvalue weighted by Gasteiger charge is -2.20. The third-order valence-electron chi connectivity index (χ3n) is 5.80. The number of fused-ring (bicyclic) bond motifs is 2. The van der Waals surface area contributed by atoms with Crippen molar-refractivity contribution in [2.75, 3.05) is 6.61 Å². The molecule has 3 aromatic rings. The number of amides is 1. The summed E-state index contributed by atoms with van der Waals surface area (Å²) in [6.07, 6.45) is 3.38. The van der Waals surface area contributed by atoms with E-state index in [4.69, 9.17) is 14.9 Å². The van der Waals surface area contributed by atoms with Gasteiger partial charge in [0, 0.05) is 0 Å². The van der Waals surface area contributed by atoms with E-state index >= 15 is 0 Å². The molecular formula is C28H26N4O3S. The molecule has 2 aliphatic heterocycles. The van der Waals surface area contributed by atoms with Crippen LogP contribution in [0.3, 0.4) is 0 Å². The Morgan fingerprint density at radius 2 is 1.86 bits per heavy atom. The molecule has 2 heterocycles. The predicted molar refractivity (Wildman–Crippen MR) is 146 cm³/mol. The average Bonchev–Trinajstić information content (AvgIpc) is 3.29. The molecule has 0 bridgehead atoms. The van der Waals surface area contributed by atoms with Gasteiger partial charge in [-0.25, -0.2) is 0 Å². The summed E-state index contributed by atoms with van der Waals surface area (Å²) in [5, 5.41) is 18.1. The van der Waals surface area contributed by atoms with Crippen molar-refractivity contribution in [2.45, 2.75) is 33.3 Å². The van der Waals surface area contributed by atoms with Crippen LogP contribution in [0.25, 0.3) is 16.8 Å². The van der Waals surface area contributed by atoms with Crippen LogP contribution in [0.5, 0.6) is 11.5 Å². The largest absolute Gasteiger partial charge is 0.490 e. The number of thioether (sulfide) groups is 1. The van der Waals surface area contributed by atoms with Crippen LogP contribution in [0.4, 0.5) is 0 Å². The molecule has 0 radical (unpaired) electrons. The maximum absolute atomic E-state index is 12.7. The zero-order chi connectivity index (χ0) is 25.1. The SMILES string of the molecule is CCCC1=NN2C(=N)/C(=C\c3ccc(OCc4cccc5ccccc45)c(OCC)c3)C(=O)N=C2S1. The third kappa shape index (κ3) is 4.77. The normalized spacial score (nSPS) is 16.3. The van der Waals surface area contributed by atoms with Crippen molar-refractivity contribution in [1.29, 1.82) is 5.41 Å². The van der Waals surface area contributed by atoms with E-state index in [1.807, 2.05) is 43.3 Å². The van der Waals surface area contributed by atoms with Gasteiger partial charge < -0.3 is 9.47 Å². The average molecular weight is 499 g/mol. The summed E-state index contributed by atoms with van der Waals surface area (Å²) >= 11 is 1.35. The number of nitrogens with one attached hydrogen (secondary N) is 1. The van der Waals surface area contributed by atoms with Crippen molar-refractivity contribution in [3.8, 4) is 11.5 Å². The maximum atomic E-state index is 12.7. The second kappa shape index (κ2) is 10.4. The van der Waals surface area contributed by atoms with E-state index < -0.39 is 5.91 Å². The first-order valence-electron chi connectivity index (χ1n) is 11.9. The lowest BCUT2D eigenvalue weighted by molar-refractivity contribution is -0.114. The standard InChI is InChI=1S/C28H26N4O3S/c1-3-8-25-31-32-26(29)22(27(33)30-28(32)36-25)15-18-13-14-23(24(16-18)34-4-2)35-17-20-11-7-10-19-9-5-6-12-21(19)20/h5-7,9-16,29H,3-4,8,17H2,1-2H3/b22-15+,29-26?. The summed E-state index contributed by atoms with van der Waals surface area (Å²) < 4.78 is 12.0. The Kier molecular flexibility index (Phi) is 6.86. The van der Waals surface area contributed by atoms with Crippen molar-refractivity contribution < 1.29 is 14.3 Å². The summed E-state index contributed by atoms with van der Waals surface area (Å²) in [4.78, 5) is 16.9. The van der Waals surface area contributed by atoms with Gasteiger partial charge in [0.25, 0.3) is 5.91 Å². The van der Waals surface area contributed by atoms with Crippen molar-refractivity contribution >= 4 is 50.6 Å². The topological polar surface area (TPSA) is 87.3 Å². The minimum absolute atomic E-state index is 0.0258. The van der Waals surface area contributed by atoms with Crippen LogP contribution in [0, 0.1) is 5.41 Å². The quantitative estimate of drug-likeness (QED) is 0.372. The molecular weight excluding hydrogens is 472 g/mol. The molecule has 0 saturated carbocycles. The first-order chi connectivity index (χ1) is 17.6. The Bertz CT molecular complexity index is 1440. The number of hydrogen-bond acceptors (Lipinski definition) is 6. The van der Waals surface area contributed by atoms with Crippen LogP contribution in [-0.2, 0) is 11.4 Å². The zero-order valence-electron chi connectivity index (χ0n) is 20.2. The first kappa shape index (κ1) is 23.8. The van der Waals surface area contributed by atoms with E-state index in [2.05, 4.69) is 41.3 Å². The summed E-state index contributed by atoms with van der Waals surface area (Å²) in [5.41, 5.74) is 1.99. The van der Waals surface area contributed by atoms with Crippen molar-refractivity contribution in [3.63, 3.8) is 0 Å². The number of hydrogen-bond donors (Lipinski definition) is 1. The summed E-state index contributed by atoms with van der Waals surface area (Å²) in [5.74, 6) is 0.770. The van der Waals surface area contributed by atoms with Crippen LogP contribution in [0.2, 0.25) is 0 Å². The fourth-order valence-corrected chi connectivity index (χ4v) is 5.08. The molecule has 5 rings (SSSR count). The number of aliphatic imine (C=N–C) groups is 1. The molecule has 8 heteroatoms. The first-order valence-corrected chi connectivity index (χ1v) is 12.7. The maximum Gasteiger partial charge on any atom is 0.283 e. The van der Waals surface area contributed by atoms with Gasteiger partial charge >= 0.3 is 0 Å². The van der Waals surface area contributed by atoms with Crippen LogP contribution in [-0.4, -0.2) is 33.6 Å². The molecule has 0 unspecified atom stereocenters. The number of carbonyl (C=O) groups is 1. The predicted octanol–water partition coefficient (Wildman–Crippen LogP) is 6.24. The van der Waals surface area contributed by atoms with Gasteiger partial charge in [-0.05, 0) is 71.6 Å². The van der Waals surface area contributed by atoms with Crippen molar-refractivity contribution in [2.24, 2.45) is 10.1 Å². The molecule has 1 N–H and O–H groups in total. The summed E-state index contributed by atoms with van der Waals surface area (Å²) in [6.45, 7) is 4.84. The van der Waals surface area contributed by atoms with Gasteiger partial charge in [-0.3, -0.25) is 10.2 Å². The number of nitrogens with zero attached hydrogens (tertiary/aromatic N) is 3. The summed E-state index contributed by atoms with van der Waals surface area (Å²) in [7, 11) is 0. The minimum atomic E-state index is -0.444. The number of ether oxygens (including phenoxy) is 2. The number of carbonyl (C=O) groups excluding carboxylic acids is 1. The molecule has 0 atom stereocenters. The molecule has 2 aliphatic rings. The lowest BCUT2D eigenvalue weighted by atomic mass is 10.1. The Morgan fingerprint density at radius 1 is 1.03 bits per heavy atom. The monoisotopic (exact) mass is 498 g/mol. The van der Waals surface area contributed by atoms with Gasteiger partial charge in [-0.1, -0.05) is 55.5 Å². The second-order valence-corrected chi connectivity index (χ2v) is 9.37. The third-order valence-corrected chi connectivity index (χ3v) is 6.77. The van der Waals surface area contributed by atoms with Crippen LogP contribution < -0.4 is 9.47 Å². The molecule has 0 saturated heterocycles. The number of rotatable bonds is 8. The van der Waals surface area contributed by atoms with E-state index in [9.17, 15) is 4.79 Å². The van der Waals surface area contributed by atoms with Crippen LogP contribution in [0.15, 0.2) is 76.3 Å². The highest BCUT2D eigenvalue weighted by molar-refractivity contribution is 8.26. The second-order valence-electron chi connectivity index (χ2n) is 8.33. The molecule has 3 aromatic carbocycles. The molecule has 182 valence electrons.